The zero-order valence-electron chi connectivity index (χ0n) is 10.3. The normalized spacial score (nSPS) is 21.9. The highest BCUT2D eigenvalue weighted by atomic mass is 16.3. The van der Waals surface area contributed by atoms with E-state index in [0.29, 0.717) is 12.5 Å². The number of nitrogen functional groups attached to an aromatic ring is 1. The molecular weight excluding hydrogens is 212 g/mol. The van der Waals surface area contributed by atoms with E-state index >= 15 is 0 Å². The molecule has 1 atom stereocenters. The predicted molar refractivity (Wildman–Crippen MR) is 72.1 cm³/mol. The number of benzene rings is 1. The van der Waals surface area contributed by atoms with Crippen molar-refractivity contribution in [1.29, 1.82) is 0 Å². The summed E-state index contributed by atoms with van der Waals surface area (Å²) in [5.41, 5.74) is 7.73. The molecule has 2 rings (SSSR count). The summed E-state index contributed by atoms with van der Waals surface area (Å²) in [6.07, 6.45) is 4.90. The lowest BCUT2D eigenvalue weighted by Crippen LogP contribution is -2.33. The van der Waals surface area contributed by atoms with E-state index in [-0.39, 0.29) is 0 Å². The monoisotopic (exact) mass is 234 g/mol. The van der Waals surface area contributed by atoms with Crippen molar-refractivity contribution in [3.63, 3.8) is 0 Å². The highest BCUT2D eigenvalue weighted by Gasteiger charge is 2.16. The van der Waals surface area contributed by atoms with Gasteiger partial charge >= 0.3 is 0 Å². The largest absolute Gasteiger partial charge is 0.399 e. The van der Waals surface area contributed by atoms with Gasteiger partial charge in [-0.15, -0.1) is 0 Å². The van der Waals surface area contributed by atoms with E-state index in [1.54, 1.807) is 0 Å². The van der Waals surface area contributed by atoms with Crippen LogP contribution in [0.15, 0.2) is 24.3 Å². The first-order chi connectivity index (χ1) is 8.29. The SMILES string of the molecule is Nc1ccc(N2CCCCCC(CO)C2)cc1. The fraction of sp³-hybridized carbons (Fsp3) is 0.571. The summed E-state index contributed by atoms with van der Waals surface area (Å²) < 4.78 is 0. The summed E-state index contributed by atoms with van der Waals surface area (Å²) >= 11 is 0. The second-order valence-corrected chi connectivity index (χ2v) is 4.94. The Morgan fingerprint density at radius 2 is 1.94 bits per heavy atom. The quantitative estimate of drug-likeness (QED) is 0.772. The van der Waals surface area contributed by atoms with Crippen molar-refractivity contribution in [2.75, 3.05) is 30.3 Å². The van der Waals surface area contributed by atoms with E-state index in [0.717, 1.165) is 25.2 Å². The Balaban J connectivity index is 2.08. The van der Waals surface area contributed by atoms with Gasteiger partial charge in [0.15, 0.2) is 0 Å². The van der Waals surface area contributed by atoms with Crippen LogP contribution in [0.1, 0.15) is 25.7 Å². The molecule has 1 aliphatic rings. The standard InChI is InChI=1S/C14H22N2O/c15-13-5-7-14(8-6-13)16-9-3-1-2-4-12(10-16)11-17/h5-8,12,17H,1-4,9-11,15H2. The first kappa shape index (κ1) is 12.2. The minimum absolute atomic E-state index is 0.297. The Bertz CT molecular complexity index is 337. The van der Waals surface area contributed by atoms with Crippen molar-refractivity contribution in [3.05, 3.63) is 24.3 Å². The molecule has 0 bridgehead atoms. The van der Waals surface area contributed by atoms with Gasteiger partial charge in [0.05, 0.1) is 0 Å². The van der Waals surface area contributed by atoms with Crippen molar-refractivity contribution in [2.45, 2.75) is 25.7 Å². The molecule has 17 heavy (non-hydrogen) atoms. The summed E-state index contributed by atoms with van der Waals surface area (Å²) in [6.45, 7) is 2.34. The molecule has 0 radical (unpaired) electrons. The molecule has 3 nitrogen and oxygen atoms in total. The van der Waals surface area contributed by atoms with Crippen LogP contribution in [0.2, 0.25) is 0 Å². The molecule has 0 aromatic heterocycles. The number of nitrogens with zero attached hydrogens (tertiary/aromatic N) is 1. The highest BCUT2D eigenvalue weighted by molar-refractivity contribution is 5.53. The van der Waals surface area contributed by atoms with Gasteiger partial charge in [-0.2, -0.15) is 0 Å². The predicted octanol–water partition coefficient (Wildman–Crippen LogP) is 2.26. The molecule has 1 fully saturated rings. The third kappa shape index (κ3) is 3.37. The minimum atomic E-state index is 0.297. The van der Waals surface area contributed by atoms with Gasteiger partial charge in [-0.3, -0.25) is 0 Å². The van der Waals surface area contributed by atoms with Crippen LogP contribution in [-0.2, 0) is 0 Å². The maximum absolute atomic E-state index is 9.37. The molecule has 1 aromatic rings. The molecule has 0 saturated carbocycles. The number of rotatable bonds is 2. The van der Waals surface area contributed by atoms with Crippen LogP contribution in [0, 0.1) is 5.92 Å². The second-order valence-electron chi connectivity index (χ2n) is 4.94. The summed E-state index contributed by atoms with van der Waals surface area (Å²) in [5, 5.41) is 9.37. The molecule has 0 spiro atoms. The van der Waals surface area contributed by atoms with Crippen molar-refractivity contribution < 1.29 is 5.11 Å². The molecule has 1 aromatic carbocycles. The highest BCUT2D eigenvalue weighted by Crippen LogP contribution is 2.22. The molecule has 1 unspecified atom stereocenters. The van der Waals surface area contributed by atoms with Gasteiger partial charge in [-0.1, -0.05) is 12.8 Å². The second kappa shape index (κ2) is 5.92. The Morgan fingerprint density at radius 1 is 1.18 bits per heavy atom. The average molecular weight is 234 g/mol. The van der Waals surface area contributed by atoms with Gasteiger partial charge in [0.1, 0.15) is 0 Å². The topological polar surface area (TPSA) is 49.5 Å². The molecule has 1 heterocycles. The smallest absolute Gasteiger partial charge is 0.0476 e. The van der Waals surface area contributed by atoms with E-state index in [2.05, 4.69) is 17.0 Å². The third-order valence-corrected chi connectivity index (χ3v) is 3.54. The molecule has 3 N–H and O–H groups in total. The van der Waals surface area contributed by atoms with Gasteiger partial charge in [-0.25, -0.2) is 0 Å². The molecular formula is C14H22N2O. The first-order valence-corrected chi connectivity index (χ1v) is 6.51. The van der Waals surface area contributed by atoms with Gasteiger partial charge in [0.25, 0.3) is 0 Å². The van der Waals surface area contributed by atoms with Crippen LogP contribution in [0.4, 0.5) is 11.4 Å². The van der Waals surface area contributed by atoms with Gasteiger partial charge in [0.2, 0.25) is 0 Å². The van der Waals surface area contributed by atoms with Crippen molar-refractivity contribution in [1.82, 2.24) is 0 Å². The lowest BCUT2D eigenvalue weighted by atomic mass is 9.98. The minimum Gasteiger partial charge on any atom is -0.399 e. The molecule has 1 aliphatic heterocycles. The van der Waals surface area contributed by atoms with Crippen LogP contribution in [0.25, 0.3) is 0 Å². The van der Waals surface area contributed by atoms with Gasteiger partial charge in [0, 0.05) is 31.1 Å². The molecule has 94 valence electrons. The summed E-state index contributed by atoms with van der Waals surface area (Å²) in [6, 6.07) is 8.04. The Kier molecular flexibility index (Phi) is 4.26. The van der Waals surface area contributed by atoms with Gasteiger partial charge < -0.3 is 15.7 Å². The fourth-order valence-corrected chi connectivity index (χ4v) is 2.48. The number of aliphatic hydroxyl groups is 1. The summed E-state index contributed by atoms with van der Waals surface area (Å²) in [7, 11) is 0. The van der Waals surface area contributed by atoms with Crippen LogP contribution in [0.5, 0.6) is 0 Å². The van der Waals surface area contributed by atoms with Crippen molar-refractivity contribution in [2.24, 2.45) is 5.92 Å². The molecule has 0 aliphatic carbocycles. The van der Waals surface area contributed by atoms with E-state index in [9.17, 15) is 5.11 Å². The zero-order valence-corrected chi connectivity index (χ0v) is 10.3. The van der Waals surface area contributed by atoms with Gasteiger partial charge in [-0.05, 0) is 43.0 Å². The van der Waals surface area contributed by atoms with E-state index < -0.39 is 0 Å². The number of anilines is 2. The number of hydrogen-bond acceptors (Lipinski definition) is 3. The van der Waals surface area contributed by atoms with E-state index in [4.69, 9.17) is 5.73 Å². The van der Waals surface area contributed by atoms with Crippen LogP contribution in [0.3, 0.4) is 0 Å². The lowest BCUT2D eigenvalue weighted by Gasteiger charge is -2.31. The maximum atomic E-state index is 9.37. The number of hydrogen-bond donors (Lipinski definition) is 2. The van der Waals surface area contributed by atoms with E-state index in [1.807, 2.05) is 12.1 Å². The number of aliphatic hydroxyl groups excluding tert-OH is 1. The van der Waals surface area contributed by atoms with Crippen LogP contribution >= 0.6 is 0 Å². The fourth-order valence-electron chi connectivity index (χ4n) is 2.48. The summed E-state index contributed by atoms with van der Waals surface area (Å²) in [5.74, 6) is 0.410. The van der Waals surface area contributed by atoms with Crippen LogP contribution < -0.4 is 10.6 Å². The molecule has 3 heteroatoms. The molecule has 1 saturated heterocycles. The Hall–Kier alpha value is -1.22. The lowest BCUT2D eigenvalue weighted by molar-refractivity contribution is 0.214. The zero-order chi connectivity index (χ0) is 12.1. The van der Waals surface area contributed by atoms with Crippen molar-refractivity contribution in [3.8, 4) is 0 Å². The summed E-state index contributed by atoms with van der Waals surface area (Å²) in [4.78, 5) is 2.37. The third-order valence-electron chi connectivity index (χ3n) is 3.54. The first-order valence-electron chi connectivity index (χ1n) is 6.51. The average Bonchev–Trinajstić information content (AvgIpc) is 2.31. The Labute approximate surface area is 103 Å². The van der Waals surface area contributed by atoms with E-state index in [1.165, 1.54) is 24.9 Å². The molecule has 0 amide bonds. The Morgan fingerprint density at radius 3 is 2.65 bits per heavy atom. The maximum Gasteiger partial charge on any atom is 0.0476 e. The van der Waals surface area contributed by atoms with Crippen molar-refractivity contribution >= 4 is 11.4 Å². The van der Waals surface area contributed by atoms with Crippen LogP contribution in [-0.4, -0.2) is 24.8 Å². The number of nitrogens with two attached hydrogens (primary N) is 1.